The normalized spacial score (nSPS) is 32.4. The van der Waals surface area contributed by atoms with Crippen molar-refractivity contribution in [2.75, 3.05) is 52.4 Å². The molecular weight excluding hydrogens is 316 g/mol. The van der Waals surface area contributed by atoms with E-state index in [0.29, 0.717) is 19.6 Å². The SMILES string of the molecule is CCC1CN(CC(O)CN2CC(C)OC(C)C2)CCN1CC(F)F. The molecule has 4 unspecified atom stereocenters. The van der Waals surface area contributed by atoms with Crippen molar-refractivity contribution in [3.05, 3.63) is 0 Å². The molecule has 0 aliphatic carbocycles. The molecule has 1 N–H and O–H groups in total. The zero-order valence-corrected chi connectivity index (χ0v) is 15.2. The number of hydrogen-bond acceptors (Lipinski definition) is 5. The van der Waals surface area contributed by atoms with Crippen molar-refractivity contribution in [1.82, 2.24) is 14.7 Å². The molecule has 0 saturated carbocycles. The van der Waals surface area contributed by atoms with Crippen molar-refractivity contribution in [3.63, 3.8) is 0 Å². The molecule has 0 radical (unpaired) electrons. The molecule has 2 aliphatic heterocycles. The van der Waals surface area contributed by atoms with Gasteiger partial charge >= 0.3 is 0 Å². The molecule has 0 spiro atoms. The van der Waals surface area contributed by atoms with Crippen LogP contribution in [0.15, 0.2) is 0 Å². The van der Waals surface area contributed by atoms with Gasteiger partial charge in [0.25, 0.3) is 6.43 Å². The summed E-state index contributed by atoms with van der Waals surface area (Å²) in [5.41, 5.74) is 0. The highest BCUT2D eigenvalue weighted by atomic mass is 19.3. The number of hydrogen-bond donors (Lipinski definition) is 1. The van der Waals surface area contributed by atoms with Gasteiger partial charge in [-0.2, -0.15) is 0 Å². The lowest BCUT2D eigenvalue weighted by molar-refractivity contribution is -0.0793. The molecule has 7 heteroatoms. The Labute approximate surface area is 144 Å². The van der Waals surface area contributed by atoms with Crippen LogP contribution in [0.25, 0.3) is 0 Å². The molecule has 4 atom stereocenters. The summed E-state index contributed by atoms with van der Waals surface area (Å²) in [6.45, 7) is 11.1. The second-order valence-corrected chi connectivity index (χ2v) is 7.34. The second kappa shape index (κ2) is 9.38. The zero-order chi connectivity index (χ0) is 17.7. The number of aliphatic hydroxyl groups excluding tert-OH is 1. The Morgan fingerprint density at radius 2 is 1.62 bits per heavy atom. The van der Waals surface area contributed by atoms with Crippen LogP contribution >= 0.6 is 0 Å². The van der Waals surface area contributed by atoms with E-state index >= 15 is 0 Å². The van der Waals surface area contributed by atoms with Crippen LogP contribution < -0.4 is 0 Å². The molecule has 24 heavy (non-hydrogen) atoms. The highest BCUT2D eigenvalue weighted by Gasteiger charge is 2.29. The molecular formula is C17H33F2N3O2. The summed E-state index contributed by atoms with van der Waals surface area (Å²) < 4.78 is 31.0. The van der Waals surface area contributed by atoms with E-state index in [2.05, 4.69) is 23.6 Å². The molecule has 2 aliphatic rings. The molecule has 0 aromatic rings. The first-order chi connectivity index (χ1) is 11.4. The third kappa shape index (κ3) is 6.19. The van der Waals surface area contributed by atoms with Gasteiger partial charge in [-0.25, -0.2) is 8.78 Å². The van der Waals surface area contributed by atoms with Gasteiger partial charge in [-0.15, -0.1) is 0 Å². The van der Waals surface area contributed by atoms with Crippen molar-refractivity contribution < 1.29 is 18.6 Å². The third-order valence-corrected chi connectivity index (χ3v) is 4.97. The number of rotatable bonds is 7. The van der Waals surface area contributed by atoms with Gasteiger partial charge in [0.15, 0.2) is 0 Å². The molecule has 5 nitrogen and oxygen atoms in total. The standard InChI is InChI=1S/C17H33F2N3O2/c1-4-15-9-20(5-6-22(15)12-17(18)19)10-16(23)11-21-7-13(2)24-14(3)8-21/h13-17,23H,4-12H2,1-3H3. The minimum absolute atomic E-state index is 0.140. The van der Waals surface area contributed by atoms with E-state index < -0.39 is 12.5 Å². The van der Waals surface area contributed by atoms with Crippen LogP contribution in [-0.2, 0) is 4.74 Å². The fourth-order valence-electron chi connectivity index (χ4n) is 4.02. The largest absolute Gasteiger partial charge is 0.390 e. The van der Waals surface area contributed by atoms with Crippen LogP contribution in [0.2, 0.25) is 0 Å². The molecule has 0 aromatic carbocycles. The maximum atomic E-state index is 12.6. The monoisotopic (exact) mass is 349 g/mol. The quantitative estimate of drug-likeness (QED) is 0.746. The Bertz CT molecular complexity index is 366. The van der Waals surface area contributed by atoms with Crippen molar-refractivity contribution >= 4 is 0 Å². The van der Waals surface area contributed by atoms with E-state index in [1.54, 1.807) is 0 Å². The number of alkyl halides is 2. The van der Waals surface area contributed by atoms with E-state index in [0.717, 1.165) is 32.6 Å². The zero-order valence-electron chi connectivity index (χ0n) is 15.2. The first kappa shape index (κ1) is 20.0. The fraction of sp³-hybridized carbons (Fsp3) is 1.00. The minimum Gasteiger partial charge on any atom is -0.390 e. The van der Waals surface area contributed by atoms with Crippen LogP contribution in [0, 0.1) is 0 Å². The number of morpholine rings is 1. The lowest BCUT2D eigenvalue weighted by Gasteiger charge is -2.42. The summed E-state index contributed by atoms with van der Waals surface area (Å²) in [5.74, 6) is 0. The smallest absolute Gasteiger partial charge is 0.251 e. The summed E-state index contributed by atoms with van der Waals surface area (Å²) in [7, 11) is 0. The molecule has 0 amide bonds. The molecule has 142 valence electrons. The van der Waals surface area contributed by atoms with Crippen molar-refractivity contribution in [3.8, 4) is 0 Å². The summed E-state index contributed by atoms with van der Waals surface area (Å²) >= 11 is 0. The van der Waals surface area contributed by atoms with Gasteiger partial charge in [-0.1, -0.05) is 6.92 Å². The molecule has 2 rings (SSSR count). The fourth-order valence-corrected chi connectivity index (χ4v) is 4.02. The van der Waals surface area contributed by atoms with E-state index in [-0.39, 0.29) is 24.8 Å². The van der Waals surface area contributed by atoms with Crippen molar-refractivity contribution in [1.29, 1.82) is 0 Å². The molecule has 0 bridgehead atoms. The van der Waals surface area contributed by atoms with Crippen LogP contribution in [0.4, 0.5) is 8.78 Å². The van der Waals surface area contributed by atoms with Crippen LogP contribution in [0.1, 0.15) is 27.2 Å². The number of β-amino-alcohol motifs (C(OH)–C–C–N with tert-alkyl or cyclic N) is 1. The predicted molar refractivity (Wildman–Crippen MR) is 90.6 cm³/mol. The van der Waals surface area contributed by atoms with Gasteiger partial charge in [0.05, 0.1) is 24.9 Å². The molecule has 2 saturated heterocycles. The maximum Gasteiger partial charge on any atom is 0.251 e. The number of aliphatic hydroxyl groups is 1. The summed E-state index contributed by atoms with van der Waals surface area (Å²) in [5, 5.41) is 10.4. The first-order valence-electron chi connectivity index (χ1n) is 9.17. The Balaban J connectivity index is 1.76. The Morgan fingerprint density at radius 3 is 2.21 bits per heavy atom. The average Bonchev–Trinajstić information content (AvgIpc) is 2.47. The van der Waals surface area contributed by atoms with Gasteiger partial charge in [0.1, 0.15) is 0 Å². The summed E-state index contributed by atoms with van der Waals surface area (Å²) in [4.78, 5) is 6.36. The number of nitrogens with zero attached hydrogens (tertiary/aromatic N) is 3. The molecule has 2 fully saturated rings. The average molecular weight is 349 g/mol. The number of piperazine rings is 1. The highest BCUT2D eigenvalue weighted by Crippen LogP contribution is 2.16. The lowest BCUT2D eigenvalue weighted by Crippen LogP contribution is -2.56. The van der Waals surface area contributed by atoms with E-state index in [1.807, 2.05) is 11.8 Å². The lowest BCUT2D eigenvalue weighted by atomic mass is 10.1. The molecule has 2 heterocycles. The predicted octanol–water partition coefficient (Wildman–Crippen LogP) is 1.12. The van der Waals surface area contributed by atoms with Crippen molar-refractivity contribution in [2.45, 2.75) is 58.0 Å². The molecule has 0 aromatic heterocycles. The van der Waals surface area contributed by atoms with E-state index in [9.17, 15) is 13.9 Å². The van der Waals surface area contributed by atoms with E-state index in [1.165, 1.54) is 0 Å². The van der Waals surface area contributed by atoms with Crippen LogP contribution in [-0.4, -0.2) is 103 Å². The van der Waals surface area contributed by atoms with Crippen LogP contribution in [0.5, 0.6) is 0 Å². The second-order valence-electron chi connectivity index (χ2n) is 7.34. The number of ether oxygens (including phenoxy) is 1. The van der Waals surface area contributed by atoms with Gasteiger partial charge in [0.2, 0.25) is 0 Å². The van der Waals surface area contributed by atoms with Crippen LogP contribution in [0.3, 0.4) is 0 Å². The topological polar surface area (TPSA) is 39.2 Å². The Kier molecular flexibility index (Phi) is 7.81. The maximum absolute atomic E-state index is 12.6. The number of halogens is 2. The van der Waals surface area contributed by atoms with Gasteiger partial charge in [-0.05, 0) is 20.3 Å². The van der Waals surface area contributed by atoms with Crippen molar-refractivity contribution in [2.24, 2.45) is 0 Å². The summed E-state index contributed by atoms with van der Waals surface area (Å²) in [6, 6.07) is 0.156. The highest BCUT2D eigenvalue weighted by molar-refractivity contribution is 4.84. The van der Waals surface area contributed by atoms with Gasteiger partial charge in [0, 0.05) is 51.9 Å². The Hall–Kier alpha value is -0.340. The Morgan fingerprint density at radius 1 is 1.00 bits per heavy atom. The first-order valence-corrected chi connectivity index (χ1v) is 9.17. The third-order valence-electron chi connectivity index (χ3n) is 4.97. The van der Waals surface area contributed by atoms with Gasteiger partial charge in [-0.3, -0.25) is 14.7 Å². The minimum atomic E-state index is -2.28. The van der Waals surface area contributed by atoms with E-state index in [4.69, 9.17) is 4.74 Å². The van der Waals surface area contributed by atoms with Gasteiger partial charge < -0.3 is 9.84 Å². The summed E-state index contributed by atoms with van der Waals surface area (Å²) in [6.07, 6.45) is -1.44.